The normalized spacial score (nSPS) is 17.5. The molecule has 1 N–H and O–H groups in total. The van der Waals surface area contributed by atoms with Crippen molar-refractivity contribution in [3.05, 3.63) is 57.8 Å². The van der Waals surface area contributed by atoms with Crippen molar-refractivity contribution in [3.63, 3.8) is 0 Å². The van der Waals surface area contributed by atoms with Gasteiger partial charge in [-0.15, -0.1) is 11.3 Å². The van der Waals surface area contributed by atoms with E-state index in [0.29, 0.717) is 0 Å². The first-order valence-electron chi connectivity index (χ1n) is 7.80. The van der Waals surface area contributed by atoms with Crippen LogP contribution in [0.3, 0.4) is 0 Å². The monoisotopic (exact) mass is 314 g/mol. The minimum atomic E-state index is -0.0980. The molecular formula is C18H22N2OS. The highest BCUT2D eigenvalue weighted by Crippen LogP contribution is 2.25. The van der Waals surface area contributed by atoms with Gasteiger partial charge in [0.15, 0.2) is 0 Å². The first kappa shape index (κ1) is 15.3. The van der Waals surface area contributed by atoms with Gasteiger partial charge in [-0.05, 0) is 42.8 Å². The highest BCUT2D eigenvalue weighted by molar-refractivity contribution is 7.10. The van der Waals surface area contributed by atoms with Crippen LogP contribution >= 0.6 is 11.3 Å². The molecule has 2 heterocycles. The third-order valence-corrected chi connectivity index (χ3v) is 5.45. The van der Waals surface area contributed by atoms with Gasteiger partial charge in [-0.2, -0.15) is 0 Å². The second-order valence-corrected chi connectivity index (χ2v) is 6.91. The van der Waals surface area contributed by atoms with E-state index in [0.717, 1.165) is 25.1 Å². The van der Waals surface area contributed by atoms with Crippen LogP contribution in [0.5, 0.6) is 0 Å². The van der Waals surface area contributed by atoms with E-state index in [4.69, 9.17) is 0 Å². The highest BCUT2D eigenvalue weighted by Gasteiger charge is 2.26. The maximum Gasteiger partial charge on any atom is 0.237 e. The predicted octanol–water partition coefficient (Wildman–Crippen LogP) is 3.37. The zero-order valence-electron chi connectivity index (χ0n) is 13.1. The summed E-state index contributed by atoms with van der Waals surface area (Å²) < 4.78 is 0. The number of nitrogens with zero attached hydrogens (tertiary/aromatic N) is 1. The number of fused-ring (bicyclic) bond motifs is 1. The summed E-state index contributed by atoms with van der Waals surface area (Å²) in [6.45, 7) is 5.88. The lowest BCUT2D eigenvalue weighted by Crippen LogP contribution is -2.47. The zero-order chi connectivity index (χ0) is 15.5. The van der Waals surface area contributed by atoms with Crippen LogP contribution in [0.15, 0.2) is 41.8 Å². The van der Waals surface area contributed by atoms with Crippen LogP contribution in [0.2, 0.25) is 0 Å². The van der Waals surface area contributed by atoms with Crippen molar-refractivity contribution >= 4 is 17.2 Å². The molecule has 22 heavy (non-hydrogen) atoms. The molecule has 1 aromatic carbocycles. The molecule has 116 valence electrons. The fourth-order valence-electron chi connectivity index (χ4n) is 2.93. The molecule has 0 aliphatic carbocycles. The van der Waals surface area contributed by atoms with E-state index in [1.807, 2.05) is 55.5 Å². The minimum Gasteiger partial charge on any atom is -0.348 e. The summed E-state index contributed by atoms with van der Waals surface area (Å²) in [5.74, 6) is 0.107. The van der Waals surface area contributed by atoms with Gasteiger partial charge in [-0.25, -0.2) is 0 Å². The number of hydrogen-bond donors (Lipinski definition) is 1. The van der Waals surface area contributed by atoms with Gasteiger partial charge in [0.05, 0.1) is 12.1 Å². The van der Waals surface area contributed by atoms with Crippen molar-refractivity contribution < 1.29 is 4.79 Å². The fraction of sp³-hybridized carbons (Fsp3) is 0.389. The molecular weight excluding hydrogens is 292 g/mol. The SMILES string of the molecule is C[C@H](NC(=O)[C@H](C)N1CCc2sccc2C1)c1ccccc1. The lowest BCUT2D eigenvalue weighted by molar-refractivity contribution is -0.126. The summed E-state index contributed by atoms with van der Waals surface area (Å²) in [6.07, 6.45) is 1.05. The molecule has 1 aromatic heterocycles. The lowest BCUT2D eigenvalue weighted by atomic mass is 10.1. The summed E-state index contributed by atoms with van der Waals surface area (Å²) in [7, 11) is 0. The van der Waals surface area contributed by atoms with Crippen molar-refractivity contribution in [2.45, 2.75) is 38.9 Å². The van der Waals surface area contributed by atoms with Crippen molar-refractivity contribution in [3.8, 4) is 0 Å². The van der Waals surface area contributed by atoms with Gasteiger partial charge < -0.3 is 5.32 Å². The van der Waals surface area contributed by atoms with E-state index in [9.17, 15) is 4.79 Å². The maximum atomic E-state index is 12.5. The Labute approximate surface area is 136 Å². The van der Waals surface area contributed by atoms with Crippen LogP contribution in [0.25, 0.3) is 0 Å². The van der Waals surface area contributed by atoms with E-state index in [1.165, 1.54) is 10.4 Å². The largest absolute Gasteiger partial charge is 0.348 e. The Morgan fingerprint density at radius 1 is 1.23 bits per heavy atom. The number of nitrogens with one attached hydrogen (secondary N) is 1. The van der Waals surface area contributed by atoms with E-state index < -0.39 is 0 Å². The average Bonchev–Trinajstić information content (AvgIpc) is 3.02. The molecule has 1 aliphatic heterocycles. The van der Waals surface area contributed by atoms with Crippen LogP contribution in [0.1, 0.15) is 35.9 Å². The van der Waals surface area contributed by atoms with Crippen LogP contribution in [0, 0.1) is 0 Å². The van der Waals surface area contributed by atoms with Crippen LogP contribution in [0.4, 0.5) is 0 Å². The molecule has 0 spiro atoms. The van der Waals surface area contributed by atoms with Crippen molar-refractivity contribution in [2.75, 3.05) is 6.54 Å². The van der Waals surface area contributed by atoms with E-state index in [1.54, 1.807) is 0 Å². The molecule has 2 aromatic rings. The van der Waals surface area contributed by atoms with Crippen LogP contribution in [-0.2, 0) is 17.8 Å². The molecule has 2 atom stereocenters. The Morgan fingerprint density at radius 2 is 2.00 bits per heavy atom. The molecule has 0 fully saturated rings. The topological polar surface area (TPSA) is 32.3 Å². The van der Waals surface area contributed by atoms with Gasteiger partial charge in [0.25, 0.3) is 0 Å². The summed E-state index contributed by atoms with van der Waals surface area (Å²) in [5, 5.41) is 5.28. The molecule has 0 saturated carbocycles. The molecule has 4 heteroatoms. The highest BCUT2D eigenvalue weighted by atomic mass is 32.1. The molecule has 0 saturated heterocycles. The van der Waals surface area contributed by atoms with E-state index in [-0.39, 0.29) is 18.0 Å². The maximum absolute atomic E-state index is 12.5. The summed E-state index contributed by atoms with van der Waals surface area (Å²) in [6, 6.07) is 12.2. The van der Waals surface area contributed by atoms with Crippen molar-refractivity contribution in [1.29, 1.82) is 0 Å². The third kappa shape index (κ3) is 3.23. The predicted molar refractivity (Wildman–Crippen MR) is 90.9 cm³/mol. The molecule has 3 rings (SSSR count). The first-order valence-corrected chi connectivity index (χ1v) is 8.67. The van der Waals surface area contributed by atoms with Gasteiger partial charge in [0, 0.05) is 18.0 Å². The van der Waals surface area contributed by atoms with Gasteiger partial charge in [0.2, 0.25) is 5.91 Å². The Morgan fingerprint density at radius 3 is 2.77 bits per heavy atom. The third-order valence-electron chi connectivity index (χ3n) is 4.42. The van der Waals surface area contributed by atoms with Crippen LogP contribution in [-0.4, -0.2) is 23.4 Å². The quantitative estimate of drug-likeness (QED) is 0.938. The second-order valence-electron chi connectivity index (χ2n) is 5.91. The number of thiophene rings is 1. The van der Waals surface area contributed by atoms with Crippen molar-refractivity contribution in [2.24, 2.45) is 0 Å². The van der Waals surface area contributed by atoms with Crippen molar-refractivity contribution in [1.82, 2.24) is 10.2 Å². The standard InChI is InChI=1S/C18H22N2OS/c1-13(15-6-4-3-5-7-15)19-18(21)14(2)20-10-8-17-16(12-20)9-11-22-17/h3-7,9,11,13-14H,8,10,12H2,1-2H3,(H,19,21)/t13-,14-/m0/s1. The Hall–Kier alpha value is -1.65. The van der Waals surface area contributed by atoms with Gasteiger partial charge in [-0.1, -0.05) is 30.3 Å². The fourth-order valence-corrected chi connectivity index (χ4v) is 3.82. The summed E-state index contributed by atoms with van der Waals surface area (Å²) >= 11 is 1.83. The second kappa shape index (κ2) is 6.63. The number of carbonyl (C=O) groups is 1. The van der Waals surface area contributed by atoms with Gasteiger partial charge >= 0.3 is 0 Å². The number of hydrogen-bond acceptors (Lipinski definition) is 3. The molecule has 0 bridgehead atoms. The smallest absolute Gasteiger partial charge is 0.237 e. The Balaban J connectivity index is 1.61. The molecule has 3 nitrogen and oxygen atoms in total. The molecule has 1 aliphatic rings. The van der Waals surface area contributed by atoms with E-state index >= 15 is 0 Å². The molecule has 0 radical (unpaired) electrons. The van der Waals surface area contributed by atoms with Crippen LogP contribution < -0.4 is 5.32 Å². The number of carbonyl (C=O) groups excluding carboxylic acids is 1. The summed E-state index contributed by atoms with van der Waals surface area (Å²) in [5.41, 5.74) is 2.52. The van der Waals surface area contributed by atoms with Gasteiger partial charge in [0.1, 0.15) is 0 Å². The first-order chi connectivity index (χ1) is 10.6. The zero-order valence-corrected chi connectivity index (χ0v) is 13.9. The number of benzene rings is 1. The molecule has 0 unspecified atom stereocenters. The lowest BCUT2D eigenvalue weighted by Gasteiger charge is -2.32. The minimum absolute atomic E-state index is 0.0395. The Bertz CT molecular complexity index is 638. The average molecular weight is 314 g/mol. The number of amides is 1. The number of rotatable bonds is 4. The van der Waals surface area contributed by atoms with E-state index in [2.05, 4.69) is 21.7 Å². The van der Waals surface area contributed by atoms with Gasteiger partial charge in [-0.3, -0.25) is 9.69 Å². The molecule has 1 amide bonds. The Kier molecular flexibility index (Phi) is 4.60. The summed E-state index contributed by atoms with van der Waals surface area (Å²) in [4.78, 5) is 16.3.